The molecule has 0 aromatic carbocycles. The standard InChI is InChI=1S/C20H31N5O2.HI/c1-21-20(22-8-9-25(17-6-7-17)15-16-4-5-16)24-12-10-23(11-13-24)19(26)18-3-2-14-27-18;/h2-3,14,16-17H,4-13,15H2,1H3,(H,21,22);1H. The van der Waals surface area contributed by atoms with E-state index in [-0.39, 0.29) is 29.9 Å². The highest BCUT2D eigenvalue weighted by Crippen LogP contribution is 2.34. The fraction of sp³-hybridized carbons (Fsp3) is 0.700. The van der Waals surface area contributed by atoms with Crippen LogP contribution < -0.4 is 5.32 Å². The summed E-state index contributed by atoms with van der Waals surface area (Å²) in [6.45, 7) is 6.27. The maximum absolute atomic E-state index is 12.4. The Bertz CT molecular complexity index is 650. The van der Waals surface area contributed by atoms with E-state index in [2.05, 4.69) is 20.1 Å². The first-order chi connectivity index (χ1) is 13.2. The number of furan rings is 1. The van der Waals surface area contributed by atoms with E-state index in [0.717, 1.165) is 44.1 Å². The van der Waals surface area contributed by atoms with Gasteiger partial charge in [0, 0.05) is 58.9 Å². The van der Waals surface area contributed by atoms with Gasteiger partial charge >= 0.3 is 0 Å². The molecule has 28 heavy (non-hydrogen) atoms. The number of hydrogen-bond acceptors (Lipinski definition) is 4. The van der Waals surface area contributed by atoms with Gasteiger partial charge in [0.15, 0.2) is 11.7 Å². The summed E-state index contributed by atoms with van der Waals surface area (Å²) in [7, 11) is 1.84. The van der Waals surface area contributed by atoms with Gasteiger partial charge < -0.3 is 19.5 Å². The second kappa shape index (κ2) is 9.96. The van der Waals surface area contributed by atoms with Gasteiger partial charge in [-0.15, -0.1) is 24.0 Å². The summed E-state index contributed by atoms with van der Waals surface area (Å²) < 4.78 is 5.23. The van der Waals surface area contributed by atoms with Crippen molar-refractivity contribution in [2.24, 2.45) is 10.9 Å². The number of carbonyl (C=O) groups is 1. The van der Waals surface area contributed by atoms with E-state index in [1.54, 1.807) is 18.4 Å². The molecule has 0 atom stereocenters. The van der Waals surface area contributed by atoms with Crippen molar-refractivity contribution in [3.63, 3.8) is 0 Å². The average molecular weight is 501 g/mol. The first-order valence-electron chi connectivity index (χ1n) is 10.3. The lowest BCUT2D eigenvalue weighted by Gasteiger charge is -2.36. The topological polar surface area (TPSA) is 64.3 Å². The number of nitrogens with zero attached hydrogens (tertiary/aromatic N) is 4. The van der Waals surface area contributed by atoms with Crippen molar-refractivity contribution in [3.8, 4) is 0 Å². The minimum atomic E-state index is -0.0252. The Hall–Kier alpha value is -1.29. The number of amides is 1. The van der Waals surface area contributed by atoms with Gasteiger partial charge in [-0.1, -0.05) is 0 Å². The zero-order chi connectivity index (χ0) is 18.6. The van der Waals surface area contributed by atoms with Crippen LogP contribution in [0.2, 0.25) is 0 Å². The van der Waals surface area contributed by atoms with Crippen LogP contribution in [0.25, 0.3) is 0 Å². The van der Waals surface area contributed by atoms with E-state index < -0.39 is 0 Å². The molecule has 0 spiro atoms. The molecule has 8 heteroatoms. The quantitative estimate of drug-likeness (QED) is 0.353. The Morgan fingerprint density at radius 3 is 2.50 bits per heavy atom. The van der Waals surface area contributed by atoms with Crippen LogP contribution in [0, 0.1) is 5.92 Å². The second-order valence-electron chi connectivity index (χ2n) is 7.90. The van der Waals surface area contributed by atoms with Crippen LogP contribution in [0.1, 0.15) is 36.2 Å². The van der Waals surface area contributed by atoms with Gasteiger partial charge in [-0.3, -0.25) is 14.7 Å². The zero-order valence-electron chi connectivity index (χ0n) is 16.7. The van der Waals surface area contributed by atoms with Crippen LogP contribution in [0.3, 0.4) is 0 Å². The van der Waals surface area contributed by atoms with E-state index in [4.69, 9.17) is 4.42 Å². The first kappa shape index (κ1) is 21.4. The molecule has 4 rings (SSSR count). The number of piperazine rings is 1. The molecule has 0 bridgehead atoms. The number of rotatable bonds is 7. The number of nitrogens with one attached hydrogen (secondary N) is 1. The third kappa shape index (κ3) is 5.62. The molecule has 3 aliphatic rings. The SMILES string of the molecule is CN=C(NCCN(CC1CC1)C1CC1)N1CCN(C(=O)c2ccco2)CC1.I. The maximum Gasteiger partial charge on any atom is 0.289 e. The fourth-order valence-electron chi connectivity index (χ4n) is 3.82. The largest absolute Gasteiger partial charge is 0.459 e. The molecule has 2 heterocycles. The van der Waals surface area contributed by atoms with Gasteiger partial charge in [0.25, 0.3) is 5.91 Å². The molecule has 1 saturated heterocycles. The summed E-state index contributed by atoms with van der Waals surface area (Å²) in [5.74, 6) is 2.29. The molecule has 2 aliphatic carbocycles. The van der Waals surface area contributed by atoms with Crippen molar-refractivity contribution in [1.29, 1.82) is 0 Å². The van der Waals surface area contributed by atoms with Crippen LogP contribution in [0.5, 0.6) is 0 Å². The molecule has 1 N–H and O–H groups in total. The predicted octanol–water partition coefficient (Wildman–Crippen LogP) is 2.11. The highest BCUT2D eigenvalue weighted by molar-refractivity contribution is 14.0. The maximum atomic E-state index is 12.4. The summed E-state index contributed by atoms with van der Waals surface area (Å²) in [5.41, 5.74) is 0. The molecule has 3 fully saturated rings. The van der Waals surface area contributed by atoms with Gasteiger partial charge in [0.05, 0.1) is 6.26 Å². The highest BCUT2D eigenvalue weighted by atomic mass is 127. The van der Waals surface area contributed by atoms with Crippen molar-refractivity contribution in [2.45, 2.75) is 31.7 Å². The third-order valence-electron chi connectivity index (χ3n) is 5.75. The summed E-state index contributed by atoms with van der Waals surface area (Å²) in [4.78, 5) is 23.6. The van der Waals surface area contributed by atoms with Gasteiger partial charge in [0.2, 0.25) is 0 Å². The zero-order valence-corrected chi connectivity index (χ0v) is 19.0. The minimum absolute atomic E-state index is 0. The molecular weight excluding hydrogens is 469 g/mol. The van der Waals surface area contributed by atoms with Crippen molar-refractivity contribution in [3.05, 3.63) is 24.2 Å². The molecular formula is C20H32IN5O2. The van der Waals surface area contributed by atoms with Crippen molar-refractivity contribution in [2.75, 3.05) is 52.9 Å². The molecule has 7 nitrogen and oxygen atoms in total. The fourth-order valence-corrected chi connectivity index (χ4v) is 3.82. The Morgan fingerprint density at radius 2 is 1.93 bits per heavy atom. The van der Waals surface area contributed by atoms with Gasteiger partial charge in [-0.25, -0.2) is 0 Å². The smallest absolute Gasteiger partial charge is 0.289 e. The molecule has 2 saturated carbocycles. The van der Waals surface area contributed by atoms with Crippen LogP contribution >= 0.6 is 24.0 Å². The minimum Gasteiger partial charge on any atom is -0.459 e. The lowest BCUT2D eigenvalue weighted by molar-refractivity contribution is 0.0657. The summed E-state index contributed by atoms with van der Waals surface area (Å²) in [5, 5.41) is 3.53. The Kier molecular flexibility index (Phi) is 7.62. The van der Waals surface area contributed by atoms with Gasteiger partial charge in [-0.05, 0) is 43.7 Å². The van der Waals surface area contributed by atoms with E-state index in [1.165, 1.54) is 32.2 Å². The molecule has 0 radical (unpaired) electrons. The third-order valence-corrected chi connectivity index (χ3v) is 5.75. The molecule has 156 valence electrons. The van der Waals surface area contributed by atoms with Crippen molar-refractivity contribution in [1.82, 2.24) is 20.0 Å². The number of aliphatic imine (C=N–C) groups is 1. The molecule has 1 aromatic rings. The summed E-state index contributed by atoms with van der Waals surface area (Å²) >= 11 is 0. The van der Waals surface area contributed by atoms with Gasteiger partial charge in [-0.2, -0.15) is 0 Å². The first-order valence-corrected chi connectivity index (χ1v) is 10.3. The highest BCUT2D eigenvalue weighted by Gasteiger charge is 2.33. The Balaban J connectivity index is 0.00000225. The number of guanidine groups is 1. The Morgan fingerprint density at radius 1 is 1.21 bits per heavy atom. The van der Waals surface area contributed by atoms with Crippen LogP contribution in [-0.2, 0) is 0 Å². The summed E-state index contributed by atoms with van der Waals surface area (Å²) in [6.07, 6.45) is 7.11. The van der Waals surface area contributed by atoms with Crippen LogP contribution in [0.4, 0.5) is 0 Å². The lowest BCUT2D eigenvalue weighted by Crippen LogP contribution is -2.54. The predicted molar refractivity (Wildman–Crippen MR) is 120 cm³/mol. The number of halogens is 1. The summed E-state index contributed by atoms with van der Waals surface area (Å²) in [6, 6.07) is 4.30. The lowest BCUT2D eigenvalue weighted by atomic mass is 10.3. The van der Waals surface area contributed by atoms with Gasteiger partial charge in [0.1, 0.15) is 0 Å². The van der Waals surface area contributed by atoms with Crippen LogP contribution in [-0.4, -0.2) is 85.5 Å². The molecule has 1 aliphatic heterocycles. The van der Waals surface area contributed by atoms with E-state index >= 15 is 0 Å². The molecule has 0 unspecified atom stereocenters. The van der Waals surface area contributed by atoms with Crippen LogP contribution in [0.15, 0.2) is 27.8 Å². The Labute approximate surface area is 184 Å². The molecule has 1 amide bonds. The normalized spacial score (nSPS) is 20.3. The van der Waals surface area contributed by atoms with E-state index in [1.807, 2.05) is 11.9 Å². The second-order valence-corrected chi connectivity index (χ2v) is 7.90. The van der Waals surface area contributed by atoms with E-state index in [0.29, 0.717) is 18.8 Å². The van der Waals surface area contributed by atoms with Crippen molar-refractivity contribution < 1.29 is 9.21 Å². The molecule has 1 aromatic heterocycles. The number of carbonyl (C=O) groups excluding carboxylic acids is 1. The van der Waals surface area contributed by atoms with Crippen molar-refractivity contribution >= 4 is 35.8 Å². The van der Waals surface area contributed by atoms with E-state index in [9.17, 15) is 4.79 Å². The monoisotopic (exact) mass is 501 g/mol. The number of hydrogen-bond donors (Lipinski definition) is 1. The average Bonchev–Trinajstić information content (AvgIpc) is 3.63.